The van der Waals surface area contributed by atoms with Gasteiger partial charge in [-0.15, -0.1) is 0 Å². The normalized spacial score (nSPS) is 10.5. The molecular weight excluding hydrogens is 270 g/mol. The number of carbonyl (C=O) groups excluding carboxylic acids is 1. The van der Waals surface area contributed by atoms with Crippen LogP contribution in [0.2, 0.25) is 0 Å². The van der Waals surface area contributed by atoms with Gasteiger partial charge in [0.05, 0.1) is 11.4 Å². The maximum atomic E-state index is 11.9. The van der Waals surface area contributed by atoms with E-state index in [4.69, 9.17) is 9.26 Å². The lowest BCUT2D eigenvalue weighted by Gasteiger charge is -1.98. The molecule has 1 N–H and O–H groups in total. The molecule has 106 valence electrons. The molecule has 0 aliphatic carbocycles. The highest BCUT2D eigenvalue weighted by Gasteiger charge is 2.13. The van der Waals surface area contributed by atoms with Gasteiger partial charge >= 0.3 is 5.97 Å². The third-order valence-electron chi connectivity index (χ3n) is 2.89. The minimum absolute atomic E-state index is 0.0410. The molecule has 3 aromatic rings. The predicted octanol–water partition coefficient (Wildman–Crippen LogP) is 2.73. The van der Waals surface area contributed by atoms with Crippen molar-refractivity contribution < 1.29 is 14.1 Å². The molecule has 6 heteroatoms. The van der Waals surface area contributed by atoms with Crippen LogP contribution < -0.4 is 0 Å². The van der Waals surface area contributed by atoms with Crippen molar-refractivity contribution in [2.45, 2.75) is 13.5 Å². The Morgan fingerprint density at radius 3 is 2.81 bits per heavy atom. The number of rotatable bonds is 4. The van der Waals surface area contributed by atoms with Gasteiger partial charge in [0.25, 0.3) is 0 Å². The molecule has 0 aliphatic heterocycles. The number of hydrogen-bond acceptors (Lipinski definition) is 5. The average Bonchev–Trinajstić information content (AvgIpc) is 3.15. The number of H-pyrrole nitrogens is 1. The summed E-state index contributed by atoms with van der Waals surface area (Å²) in [4.78, 5) is 11.9. The smallest absolute Gasteiger partial charge is 0.356 e. The first-order valence-electron chi connectivity index (χ1n) is 6.42. The van der Waals surface area contributed by atoms with E-state index in [0.717, 1.165) is 11.3 Å². The fourth-order valence-electron chi connectivity index (χ4n) is 1.88. The van der Waals surface area contributed by atoms with Crippen molar-refractivity contribution in [3.8, 4) is 11.3 Å². The minimum Gasteiger partial charge on any atom is -0.453 e. The SMILES string of the molecule is Cc1cc(COC(=O)c2cc(-c3ccccc3)n[nH]2)on1. The Labute approximate surface area is 120 Å². The number of esters is 1. The van der Waals surface area contributed by atoms with E-state index in [1.54, 1.807) is 19.1 Å². The van der Waals surface area contributed by atoms with Gasteiger partial charge in [-0.25, -0.2) is 4.79 Å². The van der Waals surface area contributed by atoms with E-state index < -0.39 is 5.97 Å². The molecule has 2 heterocycles. The van der Waals surface area contributed by atoms with Crippen LogP contribution >= 0.6 is 0 Å². The Balaban J connectivity index is 1.67. The molecule has 0 saturated heterocycles. The molecule has 0 spiro atoms. The van der Waals surface area contributed by atoms with E-state index in [9.17, 15) is 4.79 Å². The molecule has 1 aromatic carbocycles. The van der Waals surface area contributed by atoms with Crippen LogP contribution in [0.25, 0.3) is 11.3 Å². The number of carbonyl (C=O) groups is 1. The summed E-state index contributed by atoms with van der Waals surface area (Å²) in [6.45, 7) is 1.84. The number of nitrogens with one attached hydrogen (secondary N) is 1. The lowest BCUT2D eigenvalue weighted by Crippen LogP contribution is -2.05. The first kappa shape index (κ1) is 13.1. The second kappa shape index (κ2) is 5.62. The summed E-state index contributed by atoms with van der Waals surface area (Å²) < 4.78 is 10.1. The topological polar surface area (TPSA) is 81.0 Å². The molecule has 6 nitrogen and oxygen atoms in total. The van der Waals surface area contributed by atoms with Gasteiger partial charge in [0, 0.05) is 11.6 Å². The lowest BCUT2D eigenvalue weighted by molar-refractivity contribution is 0.0430. The largest absolute Gasteiger partial charge is 0.453 e. The molecule has 0 unspecified atom stereocenters. The number of aryl methyl sites for hydroxylation is 1. The molecule has 2 aromatic heterocycles. The van der Waals surface area contributed by atoms with Crippen molar-refractivity contribution in [1.29, 1.82) is 0 Å². The van der Waals surface area contributed by atoms with E-state index in [-0.39, 0.29) is 6.61 Å². The van der Waals surface area contributed by atoms with E-state index in [1.165, 1.54) is 0 Å². The van der Waals surface area contributed by atoms with Gasteiger partial charge in [0.2, 0.25) is 0 Å². The van der Waals surface area contributed by atoms with Crippen LogP contribution in [0.1, 0.15) is 21.9 Å². The zero-order valence-electron chi connectivity index (χ0n) is 11.4. The Morgan fingerprint density at radius 2 is 2.10 bits per heavy atom. The first-order chi connectivity index (χ1) is 10.2. The average molecular weight is 283 g/mol. The lowest BCUT2D eigenvalue weighted by atomic mass is 10.1. The van der Waals surface area contributed by atoms with Gasteiger partial charge in [-0.05, 0) is 13.0 Å². The van der Waals surface area contributed by atoms with Crippen LogP contribution in [0.5, 0.6) is 0 Å². The molecular formula is C15H13N3O3. The summed E-state index contributed by atoms with van der Waals surface area (Å²) in [5, 5.41) is 10.5. The second-order valence-corrected chi connectivity index (χ2v) is 4.54. The highest BCUT2D eigenvalue weighted by atomic mass is 16.5. The van der Waals surface area contributed by atoms with Crippen molar-refractivity contribution in [2.75, 3.05) is 0 Å². The maximum Gasteiger partial charge on any atom is 0.356 e. The molecule has 0 atom stereocenters. The number of hydrogen-bond donors (Lipinski definition) is 1. The predicted molar refractivity (Wildman–Crippen MR) is 74.4 cm³/mol. The highest BCUT2D eigenvalue weighted by molar-refractivity contribution is 5.88. The molecule has 0 saturated carbocycles. The quantitative estimate of drug-likeness (QED) is 0.744. The van der Waals surface area contributed by atoms with Crippen molar-refractivity contribution in [3.05, 3.63) is 59.6 Å². The Morgan fingerprint density at radius 1 is 1.29 bits per heavy atom. The Hall–Kier alpha value is -2.89. The fourth-order valence-corrected chi connectivity index (χ4v) is 1.88. The van der Waals surface area contributed by atoms with Crippen LogP contribution in [-0.4, -0.2) is 21.3 Å². The maximum absolute atomic E-state index is 11.9. The fraction of sp³-hybridized carbons (Fsp3) is 0.133. The van der Waals surface area contributed by atoms with Gasteiger partial charge in [-0.2, -0.15) is 5.10 Å². The minimum atomic E-state index is -0.487. The van der Waals surface area contributed by atoms with Gasteiger partial charge in [-0.3, -0.25) is 5.10 Å². The standard InChI is InChI=1S/C15H13N3O3/c1-10-7-12(21-18-10)9-20-15(19)14-8-13(16-17-14)11-5-3-2-4-6-11/h2-8H,9H2,1H3,(H,16,17). The van der Waals surface area contributed by atoms with Gasteiger partial charge in [-0.1, -0.05) is 35.5 Å². The zero-order chi connectivity index (χ0) is 14.7. The van der Waals surface area contributed by atoms with Crippen LogP contribution in [0.15, 0.2) is 47.0 Å². The monoisotopic (exact) mass is 283 g/mol. The van der Waals surface area contributed by atoms with Gasteiger partial charge in [0.15, 0.2) is 12.4 Å². The summed E-state index contributed by atoms with van der Waals surface area (Å²) in [6, 6.07) is 13.0. The van der Waals surface area contributed by atoms with Crippen molar-refractivity contribution in [1.82, 2.24) is 15.4 Å². The number of aromatic nitrogens is 3. The molecule has 0 amide bonds. The molecule has 0 aliphatic rings. The summed E-state index contributed by atoms with van der Waals surface area (Å²) in [5.74, 6) is 0.0161. The van der Waals surface area contributed by atoms with E-state index in [1.807, 2.05) is 30.3 Å². The Bertz CT molecular complexity index is 746. The number of nitrogens with zero attached hydrogens (tertiary/aromatic N) is 2. The van der Waals surface area contributed by atoms with Gasteiger partial charge in [0.1, 0.15) is 5.69 Å². The van der Waals surface area contributed by atoms with E-state index >= 15 is 0 Å². The van der Waals surface area contributed by atoms with Crippen LogP contribution in [-0.2, 0) is 11.3 Å². The summed E-state index contributed by atoms with van der Waals surface area (Å²) >= 11 is 0. The van der Waals surface area contributed by atoms with E-state index in [2.05, 4.69) is 15.4 Å². The Kier molecular flexibility index (Phi) is 3.51. The molecule has 3 rings (SSSR count). The molecule has 0 radical (unpaired) electrons. The summed E-state index contributed by atoms with van der Waals surface area (Å²) in [5.41, 5.74) is 2.66. The third kappa shape index (κ3) is 3.00. The van der Waals surface area contributed by atoms with E-state index in [0.29, 0.717) is 17.1 Å². The first-order valence-corrected chi connectivity index (χ1v) is 6.42. The summed E-state index contributed by atoms with van der Waals surface area (Å²) in [7, 11) is 0. The van der Waals surface area contributed by atoms with Crippen LogP contribution in [0, 0.1) is 6.92 Å². The van der Waals surface area contributed by atoms with Gasteiger partial charge < -0.3 is 9.26 Å². The van der Waals surface area contributed by atoms with Crippen LogP contribution in [0.4, 0.5) is 0 Å². The summed E-state index contributed by atoms with van der Waals surface area (Å²) in [6.07, 6.45) is 0. The zero-order valence-corrected chi connectivity index (χ0v) is 11.4. The van der Waals surface area contributed by atoms with Crippen molar-refractivity contribution in [3.63, 3.8) is 0 Å². The third-order valence-corrected chi connectivity index (χ3v) is 2.89. The highest BCUT2D eigenvalue weighted by Crippen LogP contribution is 2.17. The molecule has 21 heavy (non-hydrogen) atoms. The number of aromatic amines is 1. The number of ether oxygens (including phenoxy) is 1. The van der Waals surface area contributed by atoms with Crippen LogP contribution in [0.3, 0.4) is 0 Å². The second-order valence-electron chi connectivity index (χ2n) is 4.54. The van der Waals surface area contributed by atoms with Crippen molar-refractivity contribution >= 4 is 5.97 Å². The van der Waals surface area contributed by atoms with Crippen molar-refractivity contribution in [2.24, 2.45) is 0 Å². The number of benzene rings is 1. The molecule has 0 bridgehead atoms. The molecule has 0 fully saturated rings.